The number of hydrogen-bond acceptors (Lipinski definition) is 3. The van der Waals surface area contributed by atoms with Crippen molar-refractivity contribution in [3.05, 3.63) is 35.9 Å². The standard InChI is InChI=1S/C18H28N2O2/c1-14-12-19(13-20(14)16(21)22-17(2,3)4)18(5,6)15-10-8-7-9-11-15/h7-11,14H,12-13H2,1-6H3. The topological polar surface area (TPSA) is 32.8 Å². The highest BCUT2D eigenvalue weighted by Crippen LogP contribution is 2.32. The molecule has 2 rings (SSSR count). The zero-order valence-corrected chi connectivity index (χ0v) is 14.6. The van der Waals surface area contributed by atoms with Crippen LogP contribution in [-0.4, -0.2) is 40.7 Å². The summed E-state index contributed by atoms with van der Waals surface area (Å²) in [7, 11) is 0. The molecule has 122 valence electrons. The van der Waals surface area contributed by atoms with Gasteiger partial charge in [0.2, 0.25) is 0 Å². The Morgan fingerprint density at radius 1 is 1.14 bits per heavy atom. The zero-order valence-electron chi connectivity index (χ0n) is 14.6. The fraction of sp³-hybridized carbons (Fsp3) is 0.611. The van der Waals surface area contributed by atoms with Gasteiger partial charge in [0.1, 0.15) is 5.60 Å². The van der Waals surface area contributed by atoms with Crippen LogP contribution in [0.4, 0.5) is 4.79 Å². The van der Waals surface area contributed by atoms with Crippen LogP contribution < -0.4 is 0 Å². The summed E-state index contributed by atoms with van der Waals surface area (Å²) in [4.78, 5) is 16.5. The minimum absolute atomic E-state index is 0.119. The van der Waals surface area contributed by atoms with E-state index in [9.17, 15) is 4.79 Å². The second kappa shape index (κ2) is 5.92. The number of carbonyl (C=O) groups is 1. The molecule has 1 heterocycles. The summed E-state index contributed by atoms with van der Waals surface area (Å²) in [5.74, 6) is 0. The van der Waals surface area contributed by atoms with Gasteiger partial charge in [-0.15, -0.1) is 0 Å². The van der Waals surface area contributed by atoms with Crippen LogP contribution in [0.25, 0.3) is 0 Å². The molecule has 1 unspecified atom stereocenters. The molecule has 0 saturated carbocycles. The zero-order chi connectivity index (χ0) is 16.5. The van der Waals surface area contributed by atoms with Crippen LogP contribution in [0.5, 0.6) is 0 Å². The number of hydrogen-bond donors (Lipinski definition) is 0. The van der Waals surface area contributed by atoms with Gasteiger partial charge in [0.15, 0.2) is 0 Å². The van der Waals surface area contributed by atoms with Crippen molar-refractivity contribution in [3.8, 4) is 0 Å². The summed E-state index contributed by atoms with van der Waals surface area (Å²) < 4.78 is 5.52. The van der Waals surface area contributed by atoms with Gasteiger partial charge >= 0.3 is 6.09 Å². The molecule has 0 spiro atoms. The van der Waals surface area contributed by atoms with Gasteiger partial charge in [-0.1, -0.05) is 30.3 Å². The molecule has 22 heavy (non-hydrogen) atoms. The molecule has 1 aliphatic rings. The van der Waals surface area contributed by atoms with Crippen molar-refractivity contribution in [2.75, 3.05) is 13.2 Å². The van der Waals surface area contributed by atoms with Crippen molar-refractivity contribution in [2.24, 2.45) is 0 Å². The average molecular weight is 304 g/mol. The smallest absolute Gasteiger partial charge is 0.411 e. The highest BCUT2D eigenvalue weighted by Gasteiger charge is 2.40. The minimum Gasteiger partial charge on any atom is -0.444 e. The first-order chi connectivity index (χ1) is 10.1. The first-order valence-electron chi connectivity index (χ1n) is 7.91. The number of benzene rings is 1. The molecule has 0 aliphatic carbocycles. The Balaban J connectivity index is 2.12. The third kappa shape index (κ3) is 3.61. The average Bonchev–Trinajstić information content (AvgIpc) is 2.81. The maximum atomic E-state index is 12.4. The lowest BCUT2D eigenvalue weighted by molar-refractivity contribution is 0.0183. The summed E-state index contributed by atoms with van der Waals surface area (Å²) in [5.41, 5.74) is 0.680. The molecule has 1 atom stereocenters. The summed E-state index contributed by atoms with van der Waals surface area (Å²) in [6.45, 7) is 13.6. The Bertz CT molecular complexity index is 520. The van der Waals surface area contributed by atoms with Crippen LogP contribution in [-0.2, 0) is 10.3 Å². The molecule has 0 aromatic heterocycles. The maximum Gasteiger partial charge on any atom is 0.411 e. The lowest BCUT2D eigenvalue weighted by atomic mass is 9.92. The van der Waals surface area contributed by atoms with Gasteiger partial charge in [-0.05, 0) is 47.1 Å². The lowest BCUT2D eigenvalue weighted by Gasteiger charge is -2.36. The van der Waals surface area contributed by atoms with Gasteiger partial charge in [-0.25, -0.2) is 4.79 Å². The fourth-order valence-electron chi connectivity index (χ4n) is 2.79. The van der Waals surface area contributed by atoms with E-state index in [1.807, 2.05) is 31.7 Å². The van der Waals surface area contributed by atoms with E-state index in [-0.39, 0.29) is 17.7 Å². The molecule has 1 amide bonds. The summed E-state index contributed by atoms with van der Waals surface area (Å²) in [6.07, 6.45) is -0.230. The van der Waals surface area contributed by atoms with Crippen molar-refractivity contribution in [1.29, 1.82) is 0 Å². The molecule has 0 radical (unpaired) electrons. The van der Waals surface area contributed by atoms with Crippen molar-refractivity contribution in [2.45, 2.75) is 58.7 Å². The van der Waals surface area contributed by atoms with Gasteiger partial charge in [0, 0.05) is 18.1 Å². The van der Waals surface area contributed by atoms with Crippen LogP contribution >= 0.6 is 0 Å². The predicted octanol–water partition coefficient (Wildman–Crippen LogP) is 3.82. The van der Waals surface area contributed by atoms with Crippen molar-refractivity contribution in [3.63, 3.8) is 0 Å². The van der Waals surface area contributed by atoms with Crippen LogP contribution in [0.3, 0.4) is 0 Å². The van der Waals surface area contributed by atoms with Crippen molar-refractivity contribution >= 4 is 6.09 Å². The monoisotopic (exact) mass is 304 g/mol. The van der Waals surface area contributed by atoms with E-state index in [1.54, 1.807) is 0 Å². The second-order valence-electron chi connectivity index (χ2n) is 7.59. The summed E-state index contributed by atoms with van der Waals surface area (Å²) >= 11 is 0. The fourth-order valence-corrected chi connectivity index (χ4v) is 2.79. The van der Waals surface area contributed by atoms with E-state index in [2.05, 4.69) is 49.9 Å². The SMILES string of the molecule is CC1CN(C(C)(C)c2ccccc2)CN1C(=O)OC(C)(C)C. The van der Waals surface area contributed by atoms with E-state index in [1.165, 1.54) is 5.56 Å². The Labute approximate surface area is 134 Å². The van der Waals surface area contributed by atoms with Gasteiger partial charge < -0.3 is 4.74 Å². The van der Waals surface area contributed by atoms with Gasteiger partial charge in [-0.2, -0.15) is 0 Å². The number of rotatable bonds is 2. The third-order valence-corrected chi connectivity index (χ3v) is 4.24. The third-order valence-electron chi connectivity index (χ3n) is 4.24. The Kier molecular flexibility index (Phi) is 4.52. The molecular weight excluding hydrogens is 276 g/mol. The van der Waals surface area contributed by atoms with E-state index in [4.69, 9.17) is 4.74 Å². The highest BCUT2D eigenvalue weighted by molar-refractivity contribution is 5.68. The number of carbonyl (C=O) groups excluding carboxylic acids is 1. The van der Waals surface area contributed by atoms with Gasteiger partial charge in [0.05, 0.1) is 6.67 Å². The summed E-state index contributed by atoms with van der Waals surface area (Å²) in [6, 6.07) is 10.6. The minimum atomic E-state index is -0.459. The van der Waals surface area contributed by atoms with E-state index in [0.717, 1.165) is 6.54 Å². The van der Waals surface area contributed by atoms with Crippen LogP contribution in [0, 0.1) is 0 Å². The predicted molar refractivity (Wildman–Crippen MR) is 88.6 cm³/mol. The normalized spacial score (nSPS) is 20.3. The molecule has 0 bridgehead atoms. The van der Waals surface area contributed by atoms with Gasteiger partial charge in [0.25, 0.3) is 0 Å². The number of ether oxygens (including phenoxy) is 1. The molecule has 4 heteroatoms. The number of amides is 1. The highest BCUT2D eigenvalue weighted by atomic mass is 16.6. The first-order valence-corrected chi connectivity index (χ1v) is 7.91. The quantitative estimate of drug-likeness (QED) is 0.832. The Hall–Kier alpha value is -1.55. The Morgan fingerprint density at radius 2 is 1.73 bits per heavy atom. The molecule has 1 aliphatic heterocycles. The molecule has 1 saturated heterocycles. The van der Waals surface area contributed by atoms with E-state index < -0.39 is 5.60 Å². The largest absolute Gasteiger partial charge is 0.444 e. The van der Waals surface area contributed by atoms with Gasteiger partial charge in [-0.3, -0.25) is 9.80 Å². The van der Waals surface area contributed by atoms with Crippen molar-refractivity contribution in [1.82, 2.24) is 9.80 Å². The molecule has 4 nitrogen and oxygen atoms in total. The molecule has 1 aromatic carbocycles. The number of nitrogens with zero attached hydrogens (tertiary/aromatic N) is 2. The molecule has 1 fully saturated rings. The molecular formula is C18H28N2O2. The van der Waals surface area contributed by atoms with E-state index >= 15 is 0 Å². The van der Waals surface area contributed by atoms with Crippen LogP contribution in [0.2, 0.25) is 0 Å². The lowest BCUT2D eigenvalue weighted by Crippen LogP contribution is -2.43. The second-order valence-corrected chi connectivity index (χ2v) is 7.59. The van der Waals surface area contributed by atoms with E-state index in [0.29, 0.717) is 6.67 Å². The molecule has 0 N–H and O–H groups in total. The first kappa shape index (κ1) is 16.8. The van der Waals surface area contributed by atoms with Crippen LogP contribution in [0.15, 0.2) is 30.3 Å². The van der Waals surface area contributed by atoms with Crippen LogP contribution in [0.1, 0.15) is 47.1 Å². The molecule has 1 aromatic rings. The van der Waals surface area contributed by atoms with Crippen molar-refractivity contribution < 1.29 is 9.53 Å². The summed E-state index contributed by atoms with van der Waals surface area (Å²) in [5, 5.41) is 0. The maximum absolute atomic E-state index is 12.4. The Morgan fingerprint density at radius 3 is 2.27 bits per heavy atom.